The lowest BCUT2D eigenvalue weighted by Gasteiger charge is -2.11. The fourth-order valence-corrected chi connectivity index (χ4v) is 4.16. The van der Waals surface area contributed by atoms with Crippen LogP contribution in [0.3, 0.4) is 0 Å². The number of aromatic hydroxyl groups is 1. The molecule has 0 saturated carbocycles. The van der Waals surface area contributed by atoms with Gasteiger partial charge >= 0.3 is 0 Å². The van der Waals surface area contributed by atoms with Crippen molar-refractivity contribution in [1.29, 1.82) is 0 Å². The summed E-state index contributed by atoms with van der Waals surface area (Å²) >= 11 is 0. The molecule has 0 amide bonds. The second kappa shape index (κ2) is 13.2. The quantitative estimate of drug-likeness (QED) is 0.252. The number of aliphatic hydroxyl groups is 1. The molecule has 7 nitrogen and oxygen atoms in total. The second-order valence-electron chi connectivity index (χ2n) is 8.98. The van der Waals surface area contributed by atoms with Gasteiger partial charge in [0.15, 0.2) is 18.2 Å². The minimum absolute atomic E-state index is 0.0586. The number of aromatic nitrogens is 2. The van der Waals surface area contributed by atoms with Crippen molar-refractivity contribution < 1.29 is 24.5 Å². The van der Waals surface area contributed by atoms with Crippen LogP contribution < -0.4 is 4.74 Å². The maximum Gasteiger partial charge on any atom is 0.165 e. The minimum Gasteiger partial charge on any atom is -0.504 e. The fraction of sp³-hybridized carbons (Fsp3) is 0.519. The van der Waals surface area contributed by atoms with Crippen LogP contribution in [0.4, 0.5) is 0 Å². The van der Waals surface area contributed by atoms with Crippen LogP contribution >= 0.6 is 0 Å². The zero-order valence-electron chi connectivity index (χ0n) is 20.4. The Hall–Kier alpha value is -2.77. The number of aliphatic hydroxyl groups excluding tert-OH is 1. The number of methoxy groups -OCH3 is 1. The highest BCUT2D eigenvalue weighted by Gasteiger charge is 2.12. The number of aromatic amines is 1. The Bertz CT molecular complexity index is 1040. The van der Waals surface area contributed by atoms with Crippen molar-refractivity contribution in [3.05, 3.63) is 47.9 Å². The zero-order chi connectivity index (χ0) is 24.3. The molecule has 0 aliphatic heterocycles. The Morgan fingerprint density at radius 3 is 2.82 bits per heavy atom. The molecular weight excluding hydrogens is 432 g/mol. The van der Waals surface area contributed by atoms with E-state index in [1.54, 1.807) is 25.3 Å². The van der Waals surface area contributed by atoms with Gasteiger partial charge in [0, 0.05) is 50.5 Å². The predicted octanol–water partition coefficient (Wildman–Crippen LogP) is 5.12. The number of benzene rings is 1. The third-order valence-corrected chi connectivity index (χ3v) is 6.11. The smallest absolute Gasteiger partial charge is 0.165 e. The Morgan fingerprint density at radius 2 is 2.03 bits per heavy atom. The lowest BCUT2D eigenvalue weighted by molar-refractivity contribution is -0.121. The van der Waals surface area contributed by atoms with Crippen LogP contribution in [-0.2, 0) is 29.1 Å². The number of nitrogens with one attached hydrogen (secondary N) is 1. The first-order chi connectivity index (χ1) is 16.5. The van der Waals surface area contributed by atoms with Gasteiger partial charge in [-0.25, -0.2) is 0 Å². The first kappa shape index (κ1) is 25.8. The number of H-pyrrole nitrogens is 1. The van der Waals surface area contributed by atoms with E-state index in [2.05, 4.69) is 11.9 Å². The summed E-state index contributed by atoms with van der Waals surface area (Å²) in [7, 11) is 1.71. The largest absolute Gasteiger partial charge is 0.504 e. The van der Waals surface area contributed by atoms with Gasteiger partial charge in [0.2, 0.25) is 0 Å². The summed E-state index contributed by atoms with van der Waals surface area (Å²) in [6.07, 6.45) is 12.4. The number of nitrogens with zero attached hydrogens (tertiary/aromatic N) is 1. The van der Waals surface area contributed by atoms with Crippen LogP contribution in [0.5, 0.6) is 11.5 Å². The molecule has 0 unspecified atom stereocenters. The molecular formula is C27H38N2O5. The number of hydrogen-bond acceptors (Lipinski definition) is 5. The number of ketones is 1. The molecule has 34 heavy (non-hydrogen) atoms. The van der Waals surface area contributed by atoms with Crippen LogP contribution in [-0.4, -0.2) is 45.4 Å². The number of fused-ring (bicyclic) bond motifs is 1. The van der Waals surface area contributed by atoms with Crippen LogP contribution in [0.2, 0.25) is 0 Å². The fourth-order valence-electron chi connectivity index (χ4n) is 4.16. The van der Waals surface area contributed by atoms with E-state index < -0.39 is 6.10 Å². The summed E-state index contributed by atoms with van der Waals surface area (Å²) < 4.78 is 13.0. The van der Waals surface area contributed by atoms with Crippen molar-refractivity contribution in [1.82, 2.24) is 9.55 Å². The van der Waals surface area contributed by atoms with Gasteiger partial charge in [0.05, 0.1) is 11.6 Å². The Morgan fingerprint density at radius 1 is 1.18 bits per heavy atom. The number of phenols is 1. The first-order valence-corrected chi connectivity index (χ1v) is 12.3. The first-order valence-electron chi connectivity index (χ1n) is 12.3. The van der Waals surface area contributed by atoms with Crippen molar-refractivity contribution in [2.24, 2.45) is 0 Å². The molecule has 0 aliphatic rings. The van der Waals surface area contributed by atoms with Gasteiger partial charge in [0.25, 0.3) is 0 Å². The van der Waals surface area contributed by atoms with Crippen LogP contribution in [0.25, 0.3) is 10.9 Å². The third kappa shape index (κ3) is 7.64. The molecule has 2 heterocycles. The molecule has 3 N–H and O–H groups in total. The summed E-state index contributed by atoms with van der Waals surface area (Å²) in [6.45, 7) is 3.12. The van der Waals surface area contributed by atoms with E-state index in [4.69, 9.17) is 9.47 Å². The van der Waals surface area contributed by atoms with Crippen molar-refractivity contribution in [3.8, 4) is 11.5 Å². The number of carbonyl (C=O) groups excluding carboxylic acids is 1. The number of rotatable bonds is 16. The molecule has 0 radical (unpaired) electrons. The van der Waals surface area contributed by atoms with Gasteiger partial charge in [-0.05, 0) is 48.9 Å². The third-order valence-electron chi connectivity index (χ3n) is 6.11. The molecule has 3 aromatic rings. The van der Waals surface area contributed by atoms with E-state index in [0.29, 0.717) is 25.0 Å². The highest BCUT2D eigenvalue weighted by atomic mass is 16.5. The van der Waals surface area contributed by atoms with E-state index >= 15 is 0 Å². The molecule has 186 valence electrons. The van der Waals surface area contributed by atoms with Gasteiger partial charge in [-0.15, -0.1) is 0 Å². The maximum absolute atomic E-state index is 12.2. The van der Waals surface area contributed by atoms with Gasteiger partial charge in [-0.1, -0.05) is 32.3 Å². The number of aryl methyl sites for hydroxylation is 2. The average molecular weight is 471 g/mol. The highest BCUT2D eigenvalue weighted by molar-refractivity contribution is 5.83. The molecule has 0 saturated heterocycles. The molecule has 0 fully saturated rings. The van der Waals surface area contributed by atoms with E-state index in [0.717, 1.165) is 55.2 Å². The van der Waals surface area contributed by atoms with Gasteiger partial charge in [0.1, 0.15) is 5.78 Å². The topological polar surface area (TPSA) is 96.7 Å². The summed E-state index contributed by atoms with van der Waals surface area (Å²) in [4.78, 5) is 15.5. The van der Waals surface area contributed by atoms with Gasteiger partial charge in [-0.3, -0.25) is 4.79 Å². The van der Waals surface area contributed by atoms with Crippen molar-refractivity contribution in [2.45, 2.75) is 77.5 Å². The molecule has 7 heteroatoms. The molecule has 0 spiro atoms. The molecule has 1 aromatic carbocycles. The molecule has 3 rings (SSSR count). The maximum atomic E-state index is 12.2. The number of unbranched alkanes of at least 4 members (excludes halogenated alkanes) is 2. The number of Topliss-reactive ketones (excluding diaryl/α,β-unsaturated/α-hetero) is 1. The Labute approximate surface area is 201 Å². The standard InChI is InChI=1S/C27H38N2O5/c1-3-4-5-8-22(30)15-23(31)11-9-20-10-12-26(32)27(14-20)34-19-29-17-24-21(7-6-13-33-2)16-28-25(24)18-29/h10,12,14,16-18,22,28,30,32H,3-9,11,13,15,19H2,1-2H3/t22-/m1/s1. The van der Waals surface area contributed by atoms with Crippen molar-refractivity contribution in [2.75, 3.05) is 13.7 Å². The second-order valence-corrected chi connectivity index (χ2v) is 8.98. The van der Waals surface area contributed by atoms with Crippen molar-refractivity contribution in [3.63, 3.8) is 0 Å². The Balaban J connectivity index is 1.51. The van der Waals surface area contributed by atoms with Crippen molar-refractivity contribution >= 4 is 16.7 Å². The van der Waals surface area contributed by atoms with E-state index in [-0.39, 0.29) is 24.7 Å². The summed E-state index contributed by atoms with van der Waals surface area (Å²) in [5.41, 5.74) is 3.21. The normalized spacial score (nSPS) is 12.3. The highest BCUT2D eigenvalue weighted by Crippen LogP contribution is 2.28. The van der Waals surface area contributed by atoms with E-state index in [9.17, 15) is 15.0 Å². The summed E-state index contributed by atoms with van der Waals surface area (Å²) in [6, 6.07) is 5.19. The monoisotopic (exact) mass is 470 g/mol. The van der Waals surface area contributed by atoms with E-state index in [1.165, 1.54) is 5.56 Å². The molecule has 2 aromatic heterocycles. The van der Waals surface area contributed by atoms with Gasteiger partial charge in [-0.2, -0.15) is 0 Å². The number of ether oxygens (including phenoxy) is 2. The summed E-state index contributed by atoms with van der Waals surface area (Å²) in [5.74, 6) is 0.518. The zero-order valence-corrected chi connectivity index (χ0v) is 20.4. The lowest BCUT2D eigenvalue weighted by atomic mass is 10.0. The molecule has 1 atom stereocenters. The SMILES string of the molecule is CCCCC[C@@H](O)CC(=O)CCc1ccc(O)c(OCn2cc3[nH]cc(CCCOC)c3c2)c1. The number of hydrogen-bond donors (Lipinski definition) is 3. The van der Waals surface area contributed by atoms with Crippen LogP contribution in [0.1, 0.15) is 63.0 Å². The minimum atomic E-state index is -0.550. The van der Waals surface area contributed by atoms with Gasteiger partial charge < -0.3 is 29.2 Å². The molecule has 0 aliphatic carbocycles. The number of carbonyl (C=O) groups is 1. The number of phenolic OH excluding ortho intramolecular Hbond substituents is 1. The predicted molar refractivity (Wildman–Crippen MR) is 133 cm³/mol. The lowest BCUT2D eigenvalue weighted by Crippen LogP contribution is -2.14. The van der Waals surface area contributed by atoms with Crippen LogP contribution in [0.15, 0.2) is 36.8 Å². The summed E-state index contributed by atoms with van der Waals surface area (Å²) in [5, 5.41) is 21.4. The van der Waals surface area contributed by atoms with Crippen LogP contribution in [0, 0.1) is 0 Å². The average Bonchev–Trinajstić information content (AvgIpc) is 3.39. The molecule has 0 bridgehead atoms. The van der Waals surface area contributed by atoms with E-state index in [1.807, 2.05) is 23.2 Å². The Kier molecular flexibility index (Phi) is 10.0.